The zero-order chi connectivity index (χ0) is 21.0. The van der Waals surface area contributed by atoms with Crippen LogP contribution in [0.3, 0.4) is 0 Å². The van der Waals surface area contributed by atoms with Crippen molar-refractivity contribution in [2.24, 2.45) is 0 Å². The standard InChI is InChI=1S/C21H19FN2O4S/c1-14-6-7-18(23-21(25)15-4-3-5-16(22)12-15)13-20(14)29(26,27)24-17-8-10-19(28-2)11-9-17/h3-13,24H,1-2H3,(H,23,25). The first-order chi connectivity index (χ1) is 13.8. The highest BCUT2D eigenvalue weighted by Gasteiger charge is 2.18. The Bertz CT molecular complexity index is 1150. The van der Waals surface area contributed by atoms with E-state index < -0.39 is 21.7 Å². The summed E-state index contributed by atoms with van der Waals surface area (Å²) in [6.45, 7) is 1.65. The third-order valence-corrected chi connectivity index (χ3v) is 5.69. The highest BCUT2D eigenvalue weighted by molar-refractivity contribution is 7.92. The number of rotatable bonds is 6. The molecule has 0 atom stereocenters. The van der Waals surface area contributed by atoms with Gasteiger partial charge in [-0.15, -0.1) is 0 Å². The third kappa shape index (κ3) is 4.91. The summed E-state index contributed by atoms with van der Waals surface area (Å²) in [5.74, 6) is -0.473. The molecule has 0 aromatic heterocycles. The quantitative estimate of drug-likeness (QED) is 0.633. The number of sulfonamides is 1. The maximum Gasteiger partial charge on any atom is 0.262 e. The molecule has 0 aliphatic heterocycles. The van der Waals surface area contributed by atoms with E-state index in [0.29, 0.717) is 17.0 Å². The summed E-state index contributed by atoms with van der Waals surface area (Å²) in [7, 11) is -2.38. The molecule has 29 heavy (non-hydrogen) atoms. The van der Waals surface area contributed by atoms with E-state index in [0.717, 1.165) is 6.07 Å². The van der Waals surface area contributed by atoms with Gasteiger partial charge in [-0.05, 0) is 67.1 Å². The van der Waals surface area contributed by atoms with Gasteiger partial charge in [-0.1, -0.05) is 12.1 Å². The molecule has 0 radical (unpaired) electrons. The van der Waals surface area contributed by atoms with Gasteiger partial charge in [0.2, 0.25) is 0 Å². The average molecular weight is 414 g/mol. The zero-order valence-electron chi connectivity index (χ0n) is 15.8. The topological polar surface area (TPSA) is 84.5 Å². The maximum absolute atomic E-state index is 13.3. The summed E-state index contributed by atoms with van der Waals surface area (Å²) in [5, 5.41) is 2.59. The van der Waals surface area contributed by atoms with Crippen molar-refractivity contribution in [1.82, 2.24) is 0 Å². The van der Waals surface area contributed by atoms with E-state index in [-0.39, 0.29) is 16.1 Å². The second-order valence-electron chi connectivity index (χ2n) is 6.28. The Balaban J connectivity index is 1.84. The molecule has 0 unspecified atom stereocenters. The molecule has 0 aliphatic carbocycles. The summed E-state index contributed by atoms with van der Waals surface area (Å²) in [4.78, 5) is 12.3. The molecule has 6 nitrogen and oxygen atoms in total. The molecular weight excluding hydrogens is 395 g/mol. The Morgan fingerprint density at radius 2 is 1.66 bits per heavy atom. The van der Waals surface area contributed by atoms with Gasteiger partial charge in [-0.2, -0.15) is 0 Å². The molecular formula is C21H19FN2O4S. The largest absolute Gasteiger partial charge is 0.497 e. The molecule has 8 heteroatoms. The molecule has 0 aliphatic rings. The van der Waals surface area contributed by atoms with Gasteiger partial charge in [0.15, 0.2) is 0 Å². The molecule has 0 spiro atoms. The monoisotopic (exact) mass is 414 g/mol. The minimum Gasteiger partial charge on any atom is -0.497 e. The summed E-state index contributed by atoms with van der Waals surface area (Å²) >= 11 is 0. The molecule has 1 amide bonds. The smallest absolute Gasteiger partial charge is 0.262 e. The third-order valence-electron chi connectivity index (χ3n) is 4.16. The first kappa shape index (κ1) is 20.3. The van der Waals surface area contributed by atoms with Crippen molar-refractivity contribution in [1.29, 1.82) is 0 Å². The molecule has 3 aromatic carbocycles. The van der Waals surface area contributed by atoms with Gasteiger partial charge in [0, 0.05) is 16.9 Å². The maximum atomic E-state index is 13.3. The van der Waals surface area contributed by atoms with E-state index in [1.54, 1.807) is 43.3 Å². The fourth-order valence-electron chi connectivity index (χ4n) is 2.67. The van der Waals surface area contributed by atoms with Crippen LogP contribution in [-0.2, 0) is 10.0 Å². The van der Waals surface area contributed by atoms with Crippen molar-refractivity contribution in [3.05, 3.63) is 83.7 Å². The van der Waals surface area contributed by atoms with Crippen LogP contribution in [0.5, 0.6) is 5.75 Å². The van der Waals surface area contributed by atoms with E-state index in [1.165, 1.54) is 31.4 Å². The van der Waals surface area contributed by atoms with Gasteiger partial charge in [0.1, 0.15) is 11.6 Å². The first-order valence-electron chi connectivity index (χ1n) is 8.63. The van der Waals surface area contributed by atoms with Crippen LogP contribution >= 0.6 is 0 Å². The second kappa shape index (κ2) is 8.32. The number of benzene rings is 3. The number of aryl methyl sites for hydroxylation is 1. The number of hydrogen-bond donors (Lipinski definition) is 2. The van der Waals surface area contributed by atoms with E-state index in [4.69, 9.17) is 4.74 Å². The fraction of sp³-hybridized carbons (Fsp3) is 0.0952. The summed E-state index contributed by atoms with van der Waals surface area (Å²) in [6, 6.07) is 16.2. The van der Waals surface area contributed by atoms with Crippen LogP contribution in [0.2, 0.25) is 0 Å². The van der Waals surface area contributed by atoms with Gasteiger partial charge >= 0.3 is 0 Å². The molecule has 150 valence electrons. The minimum atomic E-state index is -3.90. The van der Waals surface area contributed by atoms with Crippen molar-refractivity contribution < 1.29 is 22.3 Å². The Hall–Kier alpha value is -3.39. The SMILES string of the molecule is COc1ccc(NS(=O)(=O)c2cc(NC(=O)c3cccc(F)c3)ccc2C)cc1. The van der Waals surface area contributed by atoms with Gasteiger partial charge < -0.3 is 10.1 Å². The van der Waals surface area contributed by atoms with Crippen LogP contribution in [0.25, 0.3) is 0 Å². The van der Waals surface area contributed by atoms with Gasteiger partial charge in [-0.3, -0.25) is 9.52 Å². The fourth-order valence-corrected chi connectivity index (χ4v) is 4.00. The van der Waals surface area contributed by atoms with E-state index in [2.05, 4.69) is 10.0 Å². The Labute approximate surface area is 168 Å². The van der Waals surface area contributed by atoms with Crippen molar-refractivity contribution in [2.45, 2.75) is 11.8 Å². The Kier molecular flexibility index (Phi) is 5.84. The van der Waals surface area contributed by atoms with E-state index in [1.807, 2.05) is 0 Å². The van der Waals surface area contributed by atoms with Crippen LogP contribution < -0.4 is 14.8 Å². The predicted octanol–water partition coefficient (Wildman–Crippen LogP) is 4.20. The Morgan fingerprint density at radius 1 is 0.966 bits per heavy atom. The lowest BCUT2D eigenvalue weighted by atomic mass is 10.2. The number of nitrogens with one attached hydrogen (secondary N) is 2. The lowest BCUT2D eigenvalue weighted by Gasteiger charge is -2.13. The van der Waals surface area contributed by atoms with Crippen molar-refractivity contribution in [3.63, 3.8) is 0 Å². The molecule has 0 saturated heterocycles. The summed E-state index contributed by atoms with van der Waals surface area (Å²) < 4.78 is 46.5. The lowest BCUT2D eigenvalue weighted by Crippen LogP contribution is -2.16. The highest BCUT2D eigenvalue weighted by Crippen LogP contribution is 2.24. The molecule has 0 heterocycles. The molecule has 0 bridgehead atoms. The highest BCUT2D eigenvalue weighted by atomic mass is 32.2. The number of amides is 1. The predicted molar refractivity (Wildman–Crippen MR) is 109 cm³/mol. The van der Waals surface area contributed by atoms with Crippen LogP contribution in [0, 0.1) is 12.7 Å². The summed E-state index contributed by atoms with van der Waals surface area (Å²) in [5.41, 5.74) is 1.29. The van der Waals surface area contributed by atoms with Crippen molar-refractivity contribution >= 4 is 27.3 Å². The number of hydrogen-bond acceptors (Lipinski definition) is 4. The van der Waals surface area contributed by atoms with Crippen LogP contribution in [0.15, 0.2) is 71.6 Å². The summed E-state index contributed by atoms with van der Waals surface area (Å²) in [6.07, 6.45) is 0. The van der Waals surface area contributed by atoms with Gasteiger partial charge in [-0.25, -0.2) is 12.8 Å². The normalized spacial score (nSPS) is 11.0. The number of carbonyl (C=O) groups excluding carboxylic acids is 1. The number of halogens is 1. The van der Waals surface area contributed by atoms with Crippen LogP contribution in [-0.4, -0.2) is 21.4 Å². The number of methoxy groups -OCH3 is 1. The molecule has 3 rings (SSSR count). The van der Waals surface area contributed by atoms with Crippen LogP contribution in [0.1, 0.15) is 15.9 Å². The van der Waals surface area contributed by atoms with E-state index in [9.17, 15) is 17.6 Å². The second-order valence-corrected chi connectivity index (χ2v) is 7.93. The number of ether oxygens (including phenoxy) is 1. The molecule has 0 saturated carbocycles. The van der Waals surface area contributed by atoms with Crippen LogP contribution in [0.4, 0.5) is 15.8 Å². The molecule has 2 N–H and O–H groups in total. The van der Waals surface area contributed by atoms with Gasteiger partial charge in [0.25, 0.3) is 15.9 Å². The lowest BCUT2D eigenvalue weighted by molar-refractivity contribution is 0.102. The first-order valence-corrected chi connectivity index (χ1v) is 10.1. The number of anilines is 2. The van der Waals surface area contributed by atoms with Gasteiger partial charge in [0.05, 0.1) is 12.0 Å². The molecule has 3 aromatic rings. The zero-order valence-corrected chi connectivity index (χ0v) is 16.6. The average Bonchev–Trinajstić information content (AvgIpc) is 2.69. The minimum absolute atomic E-state index is 0.0189. The van der Waals surface area contributed by atoms with E-state index >= 15 is 0 Å². The Morgan fingerprint density at radius 3 is 2.31 bits per heavy atom. The molecule has 0 fully saturated rings. The van der Waals surface area contributed by atoms with Crippen molar-refractivity contribution in [2.75, 3.05) is 17.1 Å². The number of carbonyl (C=O) groups is 1. The van der Waals surface area contributed by atoms with Crippen molar-refractivity contribution in [3.8, 4) is 5.75 Å².